The summed E-state index contributed by atoms with van der Waals surface area (Å²) in [6.45, 7) is 7.42. The van der Waals surface area contributed by atoms with E-state index in [1.165, 1.54) is 56.5 Å². The van der Waals surface area contributed by atoms with Crippen molar-refractivity contribution in [2.75, 3.05) is 26.3 Å². The fourth-order valence-corrected chi connectivity index (χ4v) is 6.01. The molecule has 1 nitrogen and oxygen atoms in total. The van der Waals surface area contributed by atoms with Crippen LogP contribution in [0.25, 0.3) is 11.1 Å². The highest BCUT2D eigenvalue weighted by molar-refractivity contribution is 6.00. The lowest BCUT2D eigenvalue weighted by Gasteiger charge is -2.39. The number of aryl methyl sites for hydroxylation is 3. The van der Waals surface area contributed by atoms with Gasteiger partial charge in [-0.1, -0.05) is 66.7 Å². The predicted octanol–water partition coefficient (Wildman–Crippen LogP) is 7.43. The van der Waals surface area contributed by atoms with Crippen LogP contribution in [-0.2, 0) is 12.8 Å². The first kappa shape index (κ1) is 23.1. The van der Waals surface area contributed by atoms with E-state index in [1.807, 2.05) is 0 Å². The van der Waals surface area contributed by atoms with E-state index in [0.29, 0.717) is 12.3 Å². The summed E-state index contributed by atoms with van der Waals surface area (Å²) in [5.74, 6) is 0.702. The van der Waals surface area contributed by atoms with Crippen molar-refractivity contribution in [3.63, 3.8) is 0 Å². The zero-order valence-corrected chi connectivity index (χ0v) is 20.6. The average molecular weight is 454 g/mol. The normalized spacial score (nSPS) is 16.8. The van der Waals surface area contributed by atoms with E-state index >= 15 is 0 Å². The maximum Gasteiger partial charge on any atom is 0.0906 e. The first-order chi connectivity index (χ1) is 16.6. The van der Waals surface area contributed by atoms with Gasteiger partial charge in [0.15, 0.2) is 0 Å². The number of nitrogens with zero attached hydrogens (tertiary/aromatic N) is 1. The van der Waals surface area contributed by atoms with Crippen LogP contribution in [0.1, 0.15) is 58.2 Å². The zero-order valence-electron chi connectivity index (χ0n) is 20.6. The summed E-state index contributed by atoms with van der Waals surface area (Å²) >= 11 is 0. The van der Waals surface area contributed by atoms with Gasteiger partial charge in [-0.25, -0.2) is 0 Å². The van der Waals surface area contributed by atoms with Crippen molar-refractivity contribution in [2.24, 2.45) is 5.92 Å². The summed E-state index contributed by atoms with van der Waals surface area (Å²) in [5.41, 5.74) is 12.7. The number of allylic oxidation sites excluding steroid dienone is 1. The number of likely N-dealkylation sites (tertiary alicyclic amines) is 1. The molecule has 1 aliphatic heterocycles. The van der Waals surface area contributed by atoms with Crippen LogP contribution in [-0.4, -0.2) is 31.2 Å². The Balaban J connectivity index is 1.48. The molecule has 34 heavy (non-hydrogen) atoms. The molecule has 0 amide bonds. The minimum atomic E-state index is -0.203. The molecule has 0 bridgehead atoms. The van der Waals surface area contributed by atoms with Gasteiger partial charge in [0.25, 0.3) is 0 Å². The van der Waals surface area contributed by atoms with Crippen molar-refractivity contribution >= 4 is 11.1 Å². The molecule has 1 fully saturated rings. The molecule has 0 aromatic heterocycles. The maximum atomic E-state index is 12.4. The highest BCUT2D eigenvalue weighted by Gasteiger charge is 2.26. The van der Waals surface area contributed by atoms with Crippen molar-refractivity contribution in [3.05, 3.63) is 106 Å². The molecule has 0 saturated carbocycles. The Labute approximate surface area is 204 Å². The van der Waals surface area contributed by atoms with E-state index < -0.39 is 0 Å². The van der Waals surface area contributed by atoms with Gasteiger partial charge in [0, 0.05) is 19.6 Å². The lowest BCUT2D eigenvalue weighted by atomic mass is 9.84. The molecular weight excluding hydrogens is 417 g/mol. The molecule has 0 unspecified atom stereocenters. The summed E-state index contributed by atoms with van der Waals surface area (Å²) in [5, 5.41) is 0. The van der Waals surface area contributed by atoms with E-state index in [0.717, 1.165) is 38.9 Å². The number of fused-ring (bicyclic) bond motifs is 1. The van der Waals surface area contributed by atoms with Gasteiger partial charge in [-0.3, -0.25) is 4.39 Å². The molecule has 0 spiro atoms. The van der Waals surface area contributed by atoms with Gasteiger partial charge in [0.2, 0.25) is 0 Å². The van der Waals surface area contributed by atoms with Crippen molar-refractivity contribution in [2.45, 2.75) is 46.0 Å². The third-order valence-electron chi connectivity index (χ3n) is 7.65. The quantitative estimate of drug-likeness (QED) is 0.359. The Kier molecular flexibility index (Phi) is 6.97. The highest BCUT2D eigenvalue weighted by Crippen LogP contribution is 2.41. The summed E-state index contributed by atoms with van der Waals surface area (Å²) in [6.07, 6.45) is 5.20. The van der Waals surface area contributed by atoms with Crippen LogP contribution in [0, 0.1) is 19.8 Å². The molecular formula is C32H36FN. The van der Waals surface area contributed by atoms with Crippen LogP contribution >= 0.6 is 0 Å². The predicted molar refractivity (Wildman–Crippen MR) is 142 cm³/mol. The van der Waals surface area contributed by atoms with Gasteiger partial charge in [0.1, 0.15) is 0 Å². The number of benzene rings is 3. The van der Waals surface area contributed by atoms with Gasteiger partial charge in [-0.05, 0) is 102 Å². The van der Waals surface area contributed by atoms with Crippen LogP contribution in [0.15, 0.2) is 66.7 Å². The molecule has 1 aliphatic carbocycles. The second-order valence-corrected chi connectivity index (χ2v) is 10.2. The van der Waals surface area contributed by atoms with E-state index in [1.54, 1.807) is 0 Å². The smallest absolute Gasteiger partial charge is 0.0906 e. The summed E-state index contributed by atoms with van der Waals surface area (Å²) in [4.78, 5) is 2.38. The second kappa shape index (κ2) is 10.3. The van der Waals surface area contributed by atoms with Crippen molar-refractivity contribution in [3.8, 4) is 0 Å². The number of halogens is 1. The van der Waals surface area contributed by atoms with Crippen LogP contribution in [0.4, 0.5) is 4.39 Å². The molecule has 2 aliphatic rings. The topological polar surface area (TPSA) is 3.24 Å². The largest absolute Gasteiger partial charge is 0.303 e. The standard InChI is InChI=1S/C32H36FN/c1-23-8-5-9-24(2)31(23)30-13-6-11-27-10-3-4-12-29(27)32(30)28-16-14-25(15-17-28)20-26-21-34(22-26)19-7-18-33/h3-5,8-10,12,14-17,26H,6-7,11,13,18-22H2,1-2H3. The van der Waals surface area contributed by atoms with Crippen LogP contribution in [0.2, 0.25) is 0 Å². The van der Waals surface area contributed by atoms with E-state index in [-0.39, 0.29) is 6.67 Å². The Morgan fingerprint density at radius 1 is 0.853 bits per heavy atom. The first-order valence-electron chi connectivity index (χ1n) is 12.9. The highest BCUT2D eigenvalue weighted by atomic mass is 19.1. The second-order valence-electron chi connectivity index (χ2n) is 10.2. The monoisotopic (exact) mass is 453 g/mol. The first-order valence-corrected chi connectivity index (χ1v) is 12.9. The van der Waals surface area contributed by atoms with Gasteiger partial charge in [-0.2, -0.15) is 0 Å². The third-order valence-corrected chi connectivity index (χ3v) is 7.65. The fraction of sp³-hybridized carbons (Fsp3) is 0.375. The molecule has 0 N–H and O–H groups in total. The lowest BCUT2D eigenvalue weighted by molar-refractivity contribution is 0.0968. The van der Waals surface area contributed by atoms with Crippen LogP contribution < -0.4 is 0 Å². The lowest BCUT2D eigenvalue weighted by Crippen LogP contribution is -2.47. The number of alkyl halides is 1. The Hall–Kier alpha value is -2.71. The van der Waals surface area contributed by atoms with Crippen molar-refractivity contribution in [1.29, 1.82) is 0 Å². The fourth-order valence-electron chi connectivity index (χ4n) is 6.01. The zero-order chi connectivity index (χ0) is 23.5. The van der Waals surface area contributed by atoms with Gasteiger partial charge >= 0.3 is 0 Å². The molecule has 2 heteroatoms. The molecule has 1 heterocycles. The number of rotatable bonds is 7. The SMILES string of the molecule is Cc1cccc(C)c1C1=C(c2ccc(CC3CN(CCCF)C3)cc2)c2ccccc2CCC1. The van der Waals surface area contributed by atoms with E-state index in [2.05, 4.69) is 85.5 Å². The third kappa shape index (κ3) is 4.74. The van der Waals surface area contributed by atoms with Crippen molar-refractivity contribution < 1.29 is 4.39 Å². The summed E-state index contributed by atoms with van der Waals surface area (Å²) in [6, 6.07) is 25.0. The van der Waals surface area contributed by atoms with Gasteiger partial charge in [-0.15, -0.1) is 0 Å². The van der Waals surface area contributed by atoms with E-state index in [9.17, 15) is 4.39 Å². The minimum absolute atomic E-state index is 0.203. The molecule has 5 rings (SSSR count). The molecule has 3 aromatic rings. The number of hydrogen-bond donors (Lipinski definition) is 0. The average Bonchev–Trinajstić information content (AvgIpc) is 3.00. The molecule has 0 radical (unpaired) electrons. The van der Waals surface area contributed by atoms with Crippen molar-refractivity contribution in [1.82, 2.24) is 4.90 Å². The van der Waals surface area contributed by atoms with Gasteiger partial charge in [0.05, 0.1) is 6.67 Å². The van der Waals surface area contributed by atoms with E-state index in [4.69, 9.17) is 0 Å². The van der Waals surface area contributed by atoms with Gasteiger partial charge < -0.3 is 4.90 Å². The van der Waals surface area contributed by atoms with Crippen LogP contribution in [0.5, 0.6) is 0 Å². The number of hydrogen-bond acceptors (Lipinski definition) is 1. The molecule has 3 aromatic carbocycles. The molecule has 0 atom stereocenters. The Bertz CT molecular complexity index is 1150. The maximum absolute atomic E-state index is 12.4. The molecule has 176 valence electrons. The van der Waals surface area contributed by atoms with Crippen LogP contribution in [0.3, 0.4) is 0 Å². The Morgan fingerprint density at radius 2 is 1.59 bits per heavy atom. The summed E-state index contributed by atoms with van der Waals surface area (Å²) in [7, 11) is 0. The summed E-state index contributed by atoms with van der Waals surface area (Å²) < 4.78 is 12.4. The molecule has 1 saturated heterocycles. The minimum Gasteiger partial charge on any atom is -0.303 e. The Morgan fingerprint density at radius 3 is 2.32 bits per heavy atom.